The highest BCUT2D eigenvalue weighted by atomic mass is 35.5. The Kier molecular flexibility index (Phi) is 6.97. The van der Waals surface area contributed by atoms with Crippen LogP contribution in [0.15, 0.2) is 41.2 Å². The molecule has 7 nitrogen and oxygen atoms in total. The number of aromatic amines is 1. The number of fused-ring (bicyclic) bond motifs is 1. The van der Waals surface area contributed by atoms with E-state index >= 15 is 0 Å². The number of likely N-dealkylation sites (N-methyl/N-ethyl adjacent to an activating group) is 1. The van der Waals surface area contributed by atoms with Gasteiger partial charge in [0.2, 0.25) is 0 Å². The first-order valence-corrected chi connectivity index (χ1v) is 9.81. The van der Waals surface area contributed by atoms with Gasteiger partial charge < -0.3 is 19.8 Å². The molecular weight excluding hydrogens is 429 g/mol. The molecule has 0 fully saturated rings. The number of amides is 1. The van der Waals surface area contributed by atoms with Crippen molar-refractivity contribution in [2.45, 2.75) is 6.92 Å². The van der Waals surface area contributed by atoms with Crippen LogP contribution in [0.4, 0.5) is 0 Å². The second-order valence-electron chi connectivity index (χ2n) is 6.22. The highest BCUT2D eigenvalue weighted by molar-refractivity contribution is 6.50. The van der Waals surface area contributed by atoms with Gasteiger partial charge in [-0.3, -0.25) is 9.59 Å². The number of ether oxygens (including phenoxy) is 2. The van der Waals surface area contributed by atoms with Gasteiger partial charge in [-0.15, -0.1) is 0 Å². The Morgan fingerprint density at radius 1 is 1.23 bits per heavy atom. The summed E-state index contributed by atoms with van der Waals surface area (Å²) in [7, 11) is 1.50. The van der Waals surface area contributed by atoms with Crippen molar-refractivity contribution in [1.82, 2.24) is 15.3 Å². The summed E-state index contributed by atoms with van der Waals surface area (Å²) < 4.78 is 10.8. The zero-order valence-corrected chi connectivity index (χ0v) is 17.8. The fourth-order valence-corrected chi connectivity index (χ4v) is 3.11. The summed E-state index contributed by atoms with van der Waals surface area (Å²) in [6, 6.07) is 9.95. The second-order valence-corrected chi connectivity index (χ2v) is 7.06. The fourth-order valence-electron chi connectivity index (χ4n) is 2.73. The van der Waals surface area contributed by atoms with Crippen LogP contribution < -0.4 is 20.3 Å². The molecule has 156 valence electrons. The first-order chi connectivity index (χ1) is 14.4. The molecule has 0 radical (unpaired) electrons. The van der Waals surface area contributed by atoms with Gasteiger partial charge in [0, 0.05) is 11.6 Å². The molecule has 3 aromatic rings. The first kappa shape index (κ1) is 21.7. The number of rotatable bonds is 7. The number of nitrogens with zero attached hydrogens (tertiary/aromatic N) is 1. The van der Waals surface area contributed by atoms with E-state index in [9.17, 15) is 9.59 Å². The molecule has 30 heavy (non-hydrogen) atoms. The molecule has 0 saturated carbocycles. The van der Waals surface area contributed by atoms with Crippen LogP contribution in [-0.2, 0) is 4.79 Å². The lowest BCUT2D eigenvalue weighted by Gasteiger charge is -2.11. The van der Waals surface area contributed by atoms with Crippen molar-refractivity contribution >= 4 is 51.1 Å². The number of aromatic nitrogens is 2. The topological polar surface area (TPSA) is 93.3 Å². The highest BCUT2D eigenvalue weighted by Crippen LogP contribution is 2.30. The molecule has 2 aromatic carbocycles. The smallest absolute Gasteiger partial charge is 0.259 e. The summed E-state index contributed by atoms with van der Waals surface area (Å²) >= 11 is 12.4. The number of hydrogen-bond donors (Lipinski definition) is 2. The number of carbonyl (C=O) groups excluding carboxylic acids is 1. The molecule has 1 heterocycles. The summed E-state index contributed by atoms with van der Waals surface area (Å²) in [6.45, 7) is 2.24. The summed E-state index contributed by atoms with van der Waals surface area (Å²) in [6.07, 6.45) is 1.63. The van der Waals surface area contributed by atoms with Gasteiger partial charge in [-0.1, -0.05) is 29.3 Å². The van der Waals surface area contributed by atoms with Crippen molar-refractivity contribution in [3.8, 4) is 11.5 Å². The molecule has 0 aliphatic heterocycles. The van der Waals surface area contributed by atoms with Crippen molar-refractivity contribution in [3.05, 3.63) is 63.2 Å². The molecule has 0 unspecified atom stereocenters. The van der Waals surface area contributed by atoms with Crippen LogP contribution in [0.1, 0.15) is 18.3 Å². The van der Waals surface area contributed by atoms with Gasteiger partial charge in [0.05, 0.1) is 23.0 Å². The van der Waals surface area contributed by atoms with E-state index in [1.807, 2.05) is 6.92 Å². The fraction of sp³-hybridized carbons (Fsp3) is 0.190. The van der Waals surface area contributed by atoms with Crippen molar-refractivity contribution in [2.24, 2.45) is 0 Å². The lowest BCUT2D eigenvalue weighted by molar-refractivity contribution is -0.123. The van der Waals surface area contributed by atoms with Gasteiger partial charge in [-0.2, -0.15) is 0 Å². The zero-order chi connectivity index (χ0) is 21.7. The summed E-state index contributed by atoms with van der Waals surface area (Å²) in [4.78, 5) is 30.9. The molecule has 1 amide bonds. The quantitative estimate of drug-likeness (QED) is 0.573. The van der Waals surface area contributed by atoms with E-state index in [1.54, 1.807) is 42.5 Å². The molecule has 0 aliphatic rings. The van der Waals surface area contributed by atoms with E-state index in [2.05, 4.69) is 15.3 Å². The lowest BCUT2D eigenvalue weighted by Crippen LogP contribution is -2.28. The second kappa shape index (κ2) is 9.65. The Labute approximate surface area is 182 Å². The molecule has 0 atom stereocenters. The van der Waals surface area contributed by atoms with Crippen molar-refractivity contribution < 1.29 is 14.3 Å². The Balaban J connectivity index is 1.88. The summed E-state index contributed by atoms with van der Waals surface area (Å²) in [5, 5.41) is 3.77. The molecule has 2 N–H and O–H groups in total. The lowest BCUT2D eigenvalue weighted by atomic mass is 10.2. The van der Waals surface area contributed by atoms with E-state index < -0.39 is 0 Å². The Morgan fingerprint density at radius 2 is 2.03 bits per heavy atom. The number of hydrogen-bond acceptors (Lipinski definition) is 5. The maximum atomic E-state index is 12.3. The average molecular weight is 448 g/mol. The van der Waals surface area contributed by atoms with Crippen molar-refractivity contribution in [3.63, 3.8) is 0 Å². The van der Waals surface area contributed by atoms with Gasteiger partial charge >= 0.3 is 0 Å². The van der Waals surface area contributed by atoms with Crippen molar-refractivity contribution in [2.75, 3.05) is 20.3 Å². The Hall–Kier alpha value is -3.03. The van der Waals surface area contributed by atoms with Crippen LogP contribution in [0.25, 0.3) is 22.0 Å². The molecule has 0 spiro atoms. The maximum absolute atomic E-state index is 12.3. The molecular formula is C21H19Cl2N3O4. The van der Waals surface area contributed by atoms with Gasteiger partial charge in [0.15, 0.2) is 23.9 Å². The van der Waals surface area contributed by atoms with Gasteiger partial charge in [0.25, 0.3) is 11.5 Å². The van der Waals surface area contributed by atoms with Crippen LogP contribution in [0.2, 0.25) is 5.02 Å². The number of carbonyl (C=O) groups is 1. The van der Waals surface area contributed by atoms with E-state index in [1.165, 1.54) is 7.11 Å². The third kappa shape index (κ3) is 5.11. The summed E-state index contributed by atoms with van der Waals surface area (Å²) in [5.41, 5.74) is 0.820. The van der Waals surface area contributed by atoms with Gasteiger partial charge in [-0.05, 0) is 48.9 Å². The molecule has 1 aromatic heterocycles. The number of methoxy groups -OCH3 is 1. The largest absolute Gasteiger partial charge is 0.493 e. The molecule has 0 aliphatic carbocycles. The molecule has 0 bridgehead atoms. The predicted octanol–water partition coefficient (Wildman–Crippen LogP) is 3.84. The van der Waals surface area contributed by atoms with Crippen LogP contribution in [0.3, 0.4) is 0 Å². The maximum Gasteiger partial charge on any atom is 0.259 e. The highest BCUT2D eigenvalue weighted by Gasteiger charge is 2.10. The molecule has 9 heteroatoms. The van der Waals surface area contributed by atoms with E-state index in [0.29, 0.717) is 39.5 Å². The normalized spacial score (nSPS) is 11.4. The minimum atomic E-state index is -0.315. The van der Waals surface area contributed by atoms with Gasteiger partial charge in [0.1, 0.15) is 0 Å². The van der Waals surface area contributed by atoms with Crippen LogP contribution in [-0.4, -0.2) is 36.1 Å². The van der Waals surface area contributed by atoms with E-state index in [-0.39, 0.29) is 28.9 Å². The molecule has 0 saturated heterocycles. The number of benzene rings is 2. The van der Waals surface area contributed by atoms with E-state index in [0.717, 1.165) is 0 Å². The number of H-pyrrole nitrogens is 1. The number of halogens is 2. The Bertz CT molecular complexity index is 1170. The number of nitrogens with one attached hydrogen (secondary N) is 2. The summed E-state index contributed by atoms with van der Waals surface area (Å²) in [5.74, 6) is 0.845. The average Bonchev–Trinajstić information content (AvgIpc) is 2.72. The predicted molar refractivity (Wildman–Crippen MR) is 118 cm³/mol. The van der Waals surface area contributed by atoms with Crippen LogP contribution in [0.5, 0.6) is 11.5 Å². The Morgan fingerprint density at radius 3 is 2.77 bits per heavy atom. The molecule has 3 rings (SSSR count). The van der Waals surface area contributed by atoms with Gasteiger partial charge in [-0.25, -0.2) is 4.98 Å². The van der Waals surface area contributed by atoms with Crippen molar-refractivity contribution in [1.29, 1.82) is 0 Å². The van der Waals surface area contributed by atoms with Crippen LogP contribution in [0, 0.1) is 0 Å². The third-order valence-electron chi connectivity index (χ3n) is 4.11. The van der Waals surface area contributed by atoms with E-state index in [4.69, 9.17) is 32.7 Å². The monoisotopic (exact) mass is 447 g/mol. The minimum Gasteiger partial charge on any atom is -0.493 e. The first-order valence-electron chi connectivity index (χ1n) is 9.06. The SMILES string of the molecule is CCNC(=O)COc1ccc(/C=C(\Cl)c2nc3cc(Cl)ccc3c(=O)[nH]2)cc1OC. The zero-order valence-electron chi connectivity index (χ0n) is 16.3. The standard InChI is InChI=1S/C21H19Cl2N3O4/c1-3-24-19(27)11-30-17-7-4-12(9-18(17)29-2)8-15(23)20-25-16-10-13(22)5-6-14(16)21(28)26-20/h4-10H,3,11H2,1-2H3,(H,24,27)(H,25,26,28)/b15-8-. The van der Waals surface area contributed by atoms with Crippen LogP contribution >= 0.6 is 23.2 Å². The third-order valence-corrected chi connectivity index (χ3v) is 4.63. The minimum absolute atomic E-state index is 0.120.